The highest BCUT2D eigenvalue weighted by Crippen LogP contribution is 2.64. The van der Waals surface area contributed by atoms with E-state index >= 15 is 0 Å². The van der Waals surface area contributed by atoms with Gasteiger partial charge in [-0.25, -0.2) is 0 Å². The molecule has 82 heavy (non-hydrogen) atoms. The minimum atomic E-state index is -0.141. The highest BCUT2D eigenvalue weighted by molar-refractivity contribution is 6.33. The van der Waals surface area contributed by atoms with Crippen LogP contribution in [0.15, 0.2) is 206 Å². The third-order valence-corrected chi connectivity index (χ3v) is 21.4. The Balaban J connectivity index is 0.990. The normalized spacial score (nSPS) is 21.9. The summed E-state index contributed by atoms with van der Waals surface area (Å²) in [5.41, 5.74) is 18.4. The Morgan fingerprint density at radius 3 is 1.13 bits per heavy atom. The van der Waals surface area contributed by atoms with Gasteiger partial charge in [0.2, 0.25) is 0 Å². The molecule has 0 N–H and O–H groups in total. The van der Waals surface area contributed by atoms with E-state index in [2.05, 4.69) is 232 Å². The van der Waals surface area contributed by atoms with E-state index in [4.69, 9.17) is 0 Å². The van der Waals surface area contributed by atoms with E-state index in [1.54, 1.807) is 0 Å². The lowest BCUT2D eigenvalue weighted by Crippen LogP contribution is -2.54. The zero-order valence-corrected chi connectivity index (χ0v) is 47.1. The average Bonchev–Trinajstić information content (AvgIpc) is 2.40. The maximum atomic E-state index is 9.81. The molecule has 0 radical (unpaired) electrons. The number of benzene rings is 12. The van der Waals surface area contributed by atoms with E-state index in [1.807, 2.05) is 24.3 Å². The van der Waals surface area contributed by atoms with Gasteiger partial charge in [-0.15, -0.1) is 0 Å². The van der Waals surface area contributed by atoms with Crippen molar-refractivity contribution < 1.29 is 0 Å². The third-order valence-electron chi connectivity index (χ3n) is 21.4. The van der Waals surface area contributed by atoms with Gasteiger partial charge in [-0.05, 0) is 234 Å². The van der Waals surface area contributed by atoms with Crippen molar-refractivity contribution in [3.8, 4) is 56.6 Å². The van der Waals surface area contributed by atoms with Crippen molar-refractivity contribution in [2.45, 2.75) is 101 Å². The molecule has 2 aliphatic carbocycles. The van der Waals surface area contributed by atoms with Crippen LogP contribution in [0.3, 0.4) is 0 Å². The van der Waals surface area contributed by atoms with Gasteiger partial charge in [0.1, 0.15) is 0 Å². The first-order valence-corrected chi connectivity index (χ1v) is 29.7. The molecule has 2 aliphatic heterocycles. The van der Waals surface area contributed by atoms with Crippen LogP contribution in [0.1, 0.15) is 101 Å². The van der Waals surface area contributed by atoms with Gasteiger partial charge in [0.25, 0.3) is 0 Å². The van der Waals surface area contributed by atoms with Crippen LogP contribution in [0.2, 0.25) is 0 Å². The zero-order valence-electron chi connectivity index (χ0n) is 47.1. The van der Waals surface area contributed by atoms with Crippen molar-refractivity contribution >= 4 is 76.6 Å². The lowest BCUT2D eigenvalue weighted by atomic mass is 9.61. The van der Waals surface area contributed by atoms with Gasteiger partial charge in [0.15, 0.2) is 0 Å². The van der Waals surface area contributed by atoms with E-state index in [0.717, 1.165) is 37.1 Å². The number of hydrogen-bond acceptors (Lipinski definition) is 4. The first-order valence-electron chi connectivity index (χ1n) is 29.7. The van der Waals surface area contributed by atoms with Gasteiger partial charge < -0.3 is 9.80 Å². The summed E-state index contributed by atoms with van der Waals surface area (Å²) in [6.07, 6.45) is 9.18. The summed E-state index contributed by atoms with van der Waals surface area (Å²) in [4.78, 5) is 5.24. The summed E-state index contributed by atoms with van der Waals surface area (Å²) < 4.78 is 0. The maximum Gasteiger partial charge on any atom is 0.0991 e. The van der Waals surface area contributed by atoms with Crippen LogP contribution in [-0.2, 0) is 10.8 Å². The van der Waals surface area contributed by atoms with Gasteiger partial charge in [0, 0.05) is 33.6 Å². The monoisotopic (exact) mass is 1050 g/mol. The van der Waals surface area contributed by atoms with Crippen LogP contribution in [0.4, 0.5) is 22.7 Å². The van der Waals surface area contributed by atoms with E-state index in [1.165, 1.54) is 147 Å². The number of nitriles is 2. The molecular weight excluding hydrogens is 993 g/mol. The maximum absolute atomic E-state index is 9.81. The fraction of sp³-hybridized carbons (Fsp3) is 0.205. The molecule has 4 nitrogen and oxygen atoms in total. The molecule has 4 aliphatic rings. The van der Waals surface area contributed by atoms with Gasteiger partial charge >= 0.3 is 0 Å². The molecular formula is C78H62N4. The predicted molar refractivity (Wildman–Crippen MR) is 342 cm³/mol. The van der Waals surface area contributed by atoms with Crippen molar-refractivity contribution in [2.75, 3.05) is 9.80 Å². The van der Waals surface area contributed by atoms with Crippen LogP contribution in [0.25, 0.3) is 98.4 Å². The Morgan fingerprint density at radius 2 is 0.720 bits per heavy atom. The molecule has 0 bridgehead atoms. The average molecular weight is 1060 g/mol. The fourth-order valence-electron chi connectivity index (χ4n) is 16.8. The minimum Gasteiger partial charge on any atom is -0.334 e. The standard InChI is InChI=1S/C78H62N4/c1-75-39-9-11-41-77(75,3)81(55-29-23-49(47-79)24-30-55)71-37-27-53(43-69(71)75)65-45-67(59-21-13-17-51-15-5-7-19-57(51)59)63-36-34-62-66(46-68(64-35-33-61(65)73(63)74(62)64)60-22-14-18-52-16-6-8-20-58(52)60)54-28-38-72-70(44-54)76(2)40-10-12-42-78(76,4)82(72)56-31-25-50(48-80)26-32-56/h5-8,13-38,43-46H,9-12,39-42H2,1-4H3. The van der Waals surface area contributed by atoms with E-state index in [-0.39, 0.29) is 21.9 Å². The Bertz CT molecular complexity index is 4440. The van der Waals surface area contributed by atoms with Crippen molar-refractivity contribution in [1.82, 2.24) is 0 Å². The Kier molecular flexibility index (Phi) is 10.5. The largest absolute Gasteiger partial charge is 0.334 e. The first kappa shape index (κ1) is 48.7. The number of nitrogens with zero attached hydrogens (tertiary/aromatic N) is 4. The van der Waals surface area contributed by atoms with Crippen molar-refractivity contribution in [2.24, 2.45) is 0 Å². The van der Waals surface area contributed by atoms with Gasteiger partial charge in [-0.3, -0.25) is 0 Å². The number of fused-ring (bicyclic) bond motifs is 8. The molecule has 0 aromatic heterocycles. The topological polar surface area (TPSA) is 54.1 Å². The highest BCUT2D eigenvalue weighted by Gasteiger charge is 2.59. The molecule has 2 heterocycles. The lowest BCUT2D eigenvalue weighted by Gasteiger charge is -2.50. The molecule has 4 atom stereocenters. The molecule has 2 fully saturated rings. The molecule has 16 rings (SSSR count). The van der Waals surface area contributed by atoms with E-state index < -0.39 is 0 Å². The molecule has 0 amide bonds. The second-order valence-electron chi connectivity index (χ2n) is 25.1. The van der Waals surface area contributed by atoms with Gasteiger partial charge in [-0.2, -0.15) is 10.5 Å². The third kappa shape index (κ3) is 6.58. The second-order valence-corrected chi connectivity index (χ2v) is 25.1. The molecule has 12 aromatic carbocycles. The summed E-state index contributed by atoms with van der Waals surface area (Å²) in [5, 5.41) is 32.2. The van der Waals surface area contributed by atoms with Crippen LogP contribution in [0, 0.1) is 22.7 Å². The van der Waals surface area contributed by atoms with Crippen LogP contribution >= 0.6 is 0 Å². The van der Waals surface area contributed by atoms with Crippen molar-refractivity contribution in [3.63, 3.8) is 0 Å². The molecule has 0 saturated heterocycles. The quantitative estimate of drug-likeness (QED) is 0.156. The summed E-state index contributed by atoms with van der Waals surface area (Å²) >= 11 is 0. The van der Waals surface area contributed by atoms with Crippen molar-refractivity contribution in [3.05, 3.63) is 229 Å². The summed E-state index contributed by atoms with van der Waals surface area (Å²) in [6.45, 7) is 10.0. The molecule has 4 unspecified atom stereocenters. The molecule has 2 saturated carbocycles. The first-order chi connectivity index (χ1) is 40.0. The Labute approximate surface area is 480 Å². The Morgan fingerprint density at radius 1 is 0.341 bits per heavy atom. The van der Waals surface area contributed by atoms with Crippen LogP contribution in [0.5, 0.6) is 0 Å². The summed E-state index contributed by atoms with van der Waals surface area (Å²) in [5.74, 6) is 0. The summed E-state index contributed by atoms with van der Waals surface area (Å²) in [6, 6.07) is 82.2. The van der Waals surface area contributed by atoms with Crippen LogP contribution in [-0.4, -0.2) is 11.1 Å². The van der Waals surface area contributed by atoms with Crippen molar-refractivity contribution in [1.29, 1.82) is 10.5 Å². The summed E-state index contributed by atoms with van der Waals surface area (Å²) in [7, 11) is 0. The molecule has 12 aromatic rings. The number of rotatable bonds is 6. The van der Waals surface area contributed by atoms with E-state index in [0.29, 0.717) is 11.1 Å². The number of anilines is 4. The lowest BCUT2D eigenvalue weighted by molar-refractivity contribution is 0.195. The van der Waals surface area contributed by atoms with E-state index in [9.17, 15) is 10.5 Å². The zero-order chi connectivity index (χ0) is 55.3. The predicted octanol–water partition coefficient (Wildman–Crippen LogP) is 20.8. The highest BCUT2D eigenvalue weighted by atomic mass is 15.3. The Hall–Kier alpha value is -9.22. The second kappa shape index (κ2) is 17.6. The van der Waals surface area contributed by atoms with Gasteiger partial charge in [-0.1, -0.05) is 161 Å². The molecule has 0 spiro atoms. The molecule has 394 valence electrons. The SMILES string of the molecule is CC12CCCCC1(C)N(c1ccc(C#N)cc1)c1ccc(-c3cc(-c4cccc5ccccc45)c4ccc5c(-c6ccc7c(c6)C6(C)CCCCC6(C)N7c6ccc(C#N)cc6)cc(-c6cccc7ccccc67)c6ccc3c4c56)cc12. The smallest absolute Gasteiger partial charge is 0.0991 e. The van der Waals surface area contributed by atoms with Crippen LogP contribution < -0.4 is 9.80 Å². The number of hydrogen-bond donors (Lipinski definition) is 0. The minimum absolute atomic E-state index is 0.101. The fourth-order valence-corrected chi connectivity index (χ4v) is 16.8. The van der Waals surface area contributed by atoms with Gasteiger partial charge in [0.05, 0.1) is 34.3 Å². The molecule has 4 heteroatoms.